The first-order valence-corrected chi connectivity index (χ1v) is 9.26. The van der Waals surface area contributed by atoms with E-state index in [0.29, 0.717) is 37.6 Å². The van der Waals surface area contributed by atoms with Gasteiger partial charge in [0.25, 0.3) is 0 Å². The summed E-state index contributed by atoms with van der Waals surface area (Å²) in [4.78, 5) is 24.8. The number of halogens is 1. The van der Waals surface area contributed by atoms with Crippen LogP contribution in [0.2, 0.25) is 0 Å². The summed E-state index contributed by atoms with van der Waals surface area (Å²) >= 11 is 0. The van der Waals surface area contributed by atoms with E-state index in [1.165, 1.54) is 17.0 Å². The third-order valence-electron chi connectivity index (χ3n) is 4.96. The molecule has 1 atom stereocenters. The van der Waals surface area contributed by atoms with Gasteiger partial charge in [-0.25, -0.2) is 4.39 Å². The highest BCUT2D eigenvalue weighted by atomic mass is 19.1. The number of hydrogen-bond acceptors (Lipinski definition) is 5. The maximum Gasteiger partial charge on any atom is 0.243 e. The van der Waals surface area contributed by atoms with E-state index in [0.717, 1.165) is 12.0 Å². The molecule has 1 aliphatic rings. The maximum absolute atomic E-state index is 13.1. The van der Waals surface area contributed by atoms with E-state index in [-0.39, 0.29) is 17.1 Å². The molecule has 1 saturated heterocycles. The van der Waals surface area contributed by atoms with Gasteiger partial charge in [-0.15, -0.1) is 10.2 Å². The van der Waals surface area contributed by atoms with Crippen molar-refractivity contribution in [1.29, 1.82) is 0 Å². The largest absolute Gasteiger partial charge is 0.368 e. The van der Waals surface area contributed by atoms with Gasteiger partial charge in [0.1, 0.15) is 17.7 Å². The van der Waals surface area contributed by atoms with Crippen LogP contribution in [-0.2, 0) is 15.0 Å². The van der Waals surface area contributed by atoms with E-state index in [9.17, 15) is 14.0 Å². The average Bonchev–Trinajstić information content (AvgIpc) is 2.70. The lowest BCUT2D eigenvalue weighted by atomic mass is 9.84. The molecule has 1 aliphatic heterocycles. The van der Waals surface area contributed by atoms with E-state index in [4.69, 9.17) is 0 Å². The Morgan fingerprint density at radius 3 is 2.61 bits per heavy atom. The molecule has 2 N–H and O–H groups in total. The van der Waals surface area contributed by atoms with Gasteiger partial charge in [-0.1, -0.05) is 26.0 Å². The minimum absolute atomic E-state index is 0.177. The first-order chi connectivity index (χ1) is 13.4. The standard InChI is InChI=1S/C20H24FN5O2/c1-20(2,14-5-7-15(21)8-6-14)12-23-17-9-10-18(25-24-17)26(13-27)16-4-3-11-22-19(16)28/h5-10,13,16H,3-4,11-12H2,1-2H3,(H,22,28)(H,23,24). The molecule has 1 fully saturated rings. The number of amides is 2. The van der Waals surface area contributed by atoms with Crippen LogP contribution in [0.3, 0.4) is 0 Å². The predicted molar refractivity (Wildman–Crippen MR) is 105 cm³/mol. The van der Waals surface area contributed by atoms with Crippen LogP contribution in [0.4, 0.5) is 16.0 Å². The topological polar surface area (TPSA) is 87.2 Å². The van der Waals surface area contributed by atoms with Crippen LogP contribution in [0.1, 0.15) is 32.3 Å². The quantitative estimate of drug-likeness (QED) is 0.714. The Labute approximate surface area is 163 Å². The van der Waals surface area contributed by atoms with Gasteiger partial charge in [0.15, 0.2) is 5.82 Å². The van der Waals surface area contributed by atoms with Crippen LogP contribution in [0.15, 0.2) is 36.4 Å². The van der Waals surface area contributed by atoms with E-state index < -0.39 is 6.04 Å². The van der Waals surface area contributed by atoms with Crippen LogP contribution < -0.4 is 15.5 Å². The van der Waals surface area contributed by atoms with Gasteiger partial charge in [0, 0.05) is 18.5 Å². The van der Waals surface area contributed by atoms with Crippen LogP contribution in [-0.4, -0.2) is 41.6 Å². The summed E-state index contributed by atoms with van der Waals surface area (Å²) in [5.74, 6) is 0.446. The lowest BCUT2D eigenvalue weighted by Gasteiger charge is -2.29. The van der Waals surface area contributed by atoms with E-state index in [2.05, 4.69) is 20.8 Å². The zero-order valence-corrected chi connectivity index (χ0v) is 16.0. The maximum atomic E-state index is 13.1. The molecular formula is C20H24FN5O2. The van der Waals surface area contributed by atoms with Crippen molar-refractivity contribution < 1.29 is 14.0 Å². The second kappa shape index (κ2) is 8.33. The molecule has 1 unspecified atom stereocenters. The molecule has 7 nitrogen and oxygen atoms in total. The number of aromatic nitrogens is 2. The summed E-state index contributed by atoms with van der Waals surface area (Å²) in [5, 5.41) is 14.2. The molecule has 0 bridgehead atoms. The Morgan fingerprint density at radius 1 is 1.25 bits per heavy atom. The summed E-state index contributed by atoms with van der Waals surface area (Å²) in [5.41, 5.74) is 0.754. The first-order valence-electron chi connectivity index (χ1n) is 9.26. The summed E-state index contributed by atoms with van der Waals surface area (Å²) in [6, 6.07) is 9.25. The second-order valence-electron chi connectivity index (χ2n) is 7.48. The Balaban J connectivity index is 1.66. The smallest absolute Gasteiger partial charge is 0.243 e. The Bertz CT molecular complexity index is 823. The lowest BCUT2D eigenvalue weighted by molar-refractivity contribution is -0.125. The molecule has 0 saturated carbocycles. The lowest BCUT2D eigenvalue weighted by Crippen LogP contribution is -2.50. The Hall–Kier alpha value is -3.03. The number of carbonyl (C=O) groups excluding carboxylic acids is 2. The molecule has 0 aliphatic carbocycles. The van der Waals surface area contributed by atoms with Gasteiger partial charge in [0.2, 0.25) is 12.3 Å². The van der Waals surface area contributed by atoms with Crippen molar-refractivity contribution in [3.63, 3.8) is 0 Å². The van der Waals surface area contributed by atoms with Gasteiger partial charge in [-0.05, 0) is 42.7 Å². The Morgan fingerprint density at radius 2 is 2.00 bits per heavy atom. The summed E-state index contributed by atoms with van der Waals surface area (Å²) in [6.45, 7) is 5.28. The summed E-state index contributed by atoms with van der Waals surface area (Å²) in [7, 11) is 0. The van der Waals surface area contributed by atoms with Gasteiger partial charge >= 0.3 is 0 Å². The summed E-state index contributed by atoms with van der Waals surface area (Å²) in [6.07, 6.45) is 2.02. The molecule has 8 heteroatoms. The molecule has 0 radical (unpaired) electrons. The van der Waals surface area contributed by atoms with Gasteiger partial charge < -0.3 is 10.6 Å². The van der Waals surface area contributed by atoms with Crippen LogP contribution in [0.25, 0.3) is 0 Å². The highest BCUT2D eigenvalue weighted by Crippen LogP contribution is 2.24. The van der Waals surface area contributed by atoms with Gasteiger partial charge in [-0.2, -0.15) is 0 Å². The van der Waals surface area contributed by atoms with E-state index in [1.54, 1.807) is 24.3 Å². The fraction of sp³-hybridized carbons (Fsp3) is 0.400. The molecule has 148 valence electrons. The molecule has 28 heavy (non-hydrogen) atoms. The third-order valence-corrected chi connectivity index (χ3v) is 4.96. The monoisotopic (exact) mass is 385 g/mol. The molecule has 1 aromatic carbocycles. The number of benzene rings is 1. The normalized spacial score (nSPS) is 17.0. The zero-order chi connectivity index (χ0) is 20.1. The van der Waals surface area contributed by atoms with Crippen LogP contribution >= 0.6 is 0 Å². The molecular weight excluding hydrogens is 361 g/mol. The number of nitrogens with zero attached hydrogens (tertiary/aromatic N) is 3. The molecule has 2 heterocycles. The van der Waals surface area contributed by atoms with Crippen LogP contribution in [0.5, 0.6) is 0 Å². The number of rotatable bonds is 7. The highest BCUT2D eigenvalue weighted by molar-refractivity contribution is 5.91. The van der Waals surface area contributed by atoms with Crippen molar-refractivity contribution in [2.75, 3.05) is 23.3 Å². The van der Waals surface area contributed by atoms with Gasteiger partial charge in [0.05, 0.1) is 0 Å². The number of piperidine rings is 1. The van der Waals surface area contributed by atoms with E-state index >= 15 is 0 Å². The van der Waals surface area contributed by atoms with Crippen molar-refractivity contribution in [3.05, 3.63) is 47.8 Å². The number of hydrogen-bond donors (Lipinski definition) is 2. The molecule has 0 spiro atoms. The Kier molecular flexibility index (Phi) is 5.87. The molecule has 2 aromatic rings. The van der Waals surface area contributed by atoms with Crippen molar-refractivity contribution >= 4 is 24.0 Å². The number of carbonyl (C=O) groups is 2. The predicted octanol–water partition coefficient (Wildman–Crippen LogP) is 2.25. The third kappa shape index (κ3) is 4.44. The fourth-order valence-corrected chi connectivity index (χ4v) is 3.18. The van der Waals surface area contributed by atoms with Crippen LogP contribution in [0, 0.1) is 5.82 Å². The highest BCUT2D eigenvalue weighted by Gasteiger charge is 2.29. The SMILES string of the molecule is CC(C)(CNc1ccc(N(C=O)C2CCCNC2=O)nn1)c1ccc(F)cc1. The van der Waals surface area contributed by atoms with Gasteiger partial charge in [-0.3, -0.25) is 14.5 Å². The van der Waals surface area contributed by atoms with Crippen molar-refractivity contribution in [1.82, 2.24) is 15.5 Å². The minimum atomic E-state index is -0.559. The minimum Gasteiger partial charge on any atom is -0.368 e. The number of anilines is 2. The first kappa shape index (κ1) is 19.7. The van der Waals surface area contributed by atoms with Crippen molar-refractivity contribution in [2.45, 2.75) is 38.1 Å². The fourth-order valence-electron chi connectivity index (χ4n) is 3.18. The van der Waals surface area contributed by atoms with Crippen molar-refractivity contribution in [2.24, 2.45) is 0 Å². The average molecular weight is 385 g/mol. The zero-order valence-electron chi connectivity index (χ0n) is 16.0. The van der Waals surface area contributed by atoms with E-state index in [1.807, 2.05) is 13.8 Å². The second-order valence-corrected chi connectivity index (χ2v) is 7.48. The summed E-state index contributed by atoms with van der Waals surface area (Å²) < 4.78 is 13.1. The molecule has 2 amide bonds. The molecule has 3 rings (SSSR count). The molecule has 1 aromatic heterocycles. The van der Waals surface area contributed by atoms with Crippen molar-refractivity contribution in [3.8, 4) is 0 Å². The number of nitrogens with one attached hydrogen (secondary N) is 2.